The number of ether oxygens (including phenoxy) is 3. The molecular weight excluding hydrogens is 997 g/mol. The van der Waals surface area contributed by atoms with E-state index in [1.165, 1.54) is 315 Å². The fourth-order valence-corrected chi connectivity index (χ4v) is 11.4. The quantitative estimate of drug-likeness (QED) is 0.0261. The molecule has 0 fully saturated rings. The highest BCUT2D eigenvalue weighted by molar-refractivity contribution is 5.71. The van der Waals surface area contributed by atoms with Gasteiger partial charge < -0.3 is 14.2 Å². The monoisotopic (exact) mass is 1140 g/mol. The molecular formula is C75H142O6. The number of esters is 3. The molecule has 0 amide bonds. The zero-order valence-corrected chi connectivity index (χ0v) is 55.1. The minimum Gasteiger partial charge on any atom is -0.462 e. The minimum absolute atomic E-state index is 0.0632. The zero-order chi connectivity index (χ0) is 58.5. The van der Waals surface area contributed by atoms with E-state index in [1.807, 2.05) is 0 Å². The van der Waals surface area contributed by atoms with Crippen LogP contribution in [-0.4, -0.2) is 37.2 Å². The van der Waals surface area contributed by atoms with Crippen molar-refractivity contribution in [3.05, 3.63) is 24.3 Å². The van der Waals surface area contributed by atoms with E-state index in [1.54, 1.807) is 0 Å². The van der Waals surface area contributed by atoms with E-state index < -0.39 is 6.10 Å². The number of hydrogen-bond donors (Lipinski definition) is 0. The van der Waals surface area contributed by atoms with E-state index in [9.17, 15) is 14.4 Å². The fourth-order valence-electron chi connectivity index (χ4n) is 11.4. The second kappa shape index (κ2) is 70.4. The van der Waals surface area contributed by atoms with Crippen LogP contribution in [0.3, 0.4) is 0 Å². The smallest absolute Gasteiger partial charge is 0.306 e. The van der Waals surface area contributed by atoms with E-state index in [0.29, 0.717) is 19.3 Å². The summed E-state index contributed by atoms with van der Waals surface area (Å²) >= 11 is 0. The summed E-state index contributed by atoms with van der Waals surface area (Å²) in [7, 11) is 0. The van der Waals surface area contributed by atoms with Gasteiger partial charge in [0.05, 0.1) is 0 Å². The van der Waals surface area contributed by atoms with Crippen LogP contribution < -0.4 is 0 Å². The normalized spacial score (nSPS) is 12.1. The van der Waals surface area contributed by atoms with Gasteiger partial charge in [0, 0.05) is 19.3 Å². The van der Waals surface area contributed by atoms with E-state index >= 15 is 0 Å². The highest BCUT2D eigenvalue weighted by Gasteiger charge is 2.20. The summed E-state index contributed by atoms with van der Waals surface area (Å²) in [6.45, 7) is 6.73. The van der Waals surface area contributed by atoms with Crippen molar-refractivity contribution in [2.24, 2.45) is 0 Å². The number of allylic oxidation sites excluding steroid dienone is 4. The van der Waals surface area contributed by atoms with Crippen LogP contribution in [0.5, 0.6) is 0 Å². The Morgan fingerprint density at radius 1 is 0.247 bits per heavy atom. The Kier molecular flexibility index (Phi) is 68.5. The first-order valence-corrected chi connectivity index (χ1v) is 36.8. The van der Waals surface area contributed by atoms with Gasteiger partial charge >= 0.3 is 17.9 Å². The molecule has 0 aliphatic heterocycles. The maximum absolute atomic E-state index is 13.0. The summed E-state index contributed by atoms with van der Waals surface area (Å²) < 4.78 is 17.0. The van der Waals surface area contributed by atoms with Gasteiger partial charge in [0.25, 0.3) is 0 Å². The maximum Gasteiger partial charge on any atom is 0.306 e. The van der Waals surface area contributed by atoms with Crippen LogP contribution in [0.2, 0.25) is 0 Å². The lowest BCUT2D eigenvalue weighted by Crippen LogP contribution is -2.30. The zero-order valence-electron chi connectivity index (χ0n) is 55.1. The van der Waals surface area contributed by atoms with E-state index in [0.717, 1.165) is 64.2 Å². The van der Waals surface area contributed by atoms with Gasteiger partial charge in [-0.15, -0.1) is 0 Å². The largest absolute Gasteiger partial charge is 0.462 e. The van der Waals surface area contributed by atoms with E-state index in [4.69, 9.17) is 14.2 Å². The first-order chi connectivity index (χ1) is 40.0. The van der Waals surface area contributed by atoms with Crippen LogP contribution in [0.25, 0.3) is 0 Å². The first kappa shape index (κ1) is 78.9. The van der Waals surface area contributed by atoms with E-state index in [-0.39, 0.29) is 31.1 Å². The standard InChI is InChI=1S/C75H142O6/c1-4-7-10-13-16-19-22-25-28-31-33-34-35-36-37-38-39-40-42-44-47-50-53-56-59-62-65-68-74(77)80-71-72(70-79-73(76)67-64-61-58-55-52-49-46-43-30-27-24-21-18-15-12-9-6-3)81-75(78)69-66-63-60-57-54-51-48-45-41-32-29-26-23-20-17-14-11-8-5-2/h22,25,31,33,72H,4-21,23-24,26-30,32,34-71H2,1-3H3/b25-22-,33-31-. The molecule has 0 aromatic carbocycles. The lowest BCUT2D eigenvalue weighted by molar-refractivity contribution is -0.167. The van der Waals surface area contributed by atoms with Crippen molar-refractivity contribution in [2.75, 3.05) is 13.2 Å². The van der Waals surface area contributed by atoms with Crippen LogP contribution in [0.1, 0.15) is 419 Å². The molecule has 0 aromatic rings. The van der Waals surface area contributed by atoms with Gasteiger partial charge in [0.1, 0.15) is 13.2 Å². The first-order valence-electron chi connectivity index (χ1n) is 36.8. The van der Waals surface area contributed by atoms with Gasteiger partial charge in [-0.3, -0.25) is 14.4 Å². The van der Waals surface area contributed by atoms with Gasteiger partial charge in [-0.1, -0.05) is 373 Å². The molecule has 81 heavy (non-hydrogen) atoms. The molecule has 478 valence electrons. The molecule has 1 unspecified atom stereocenters. The summed E-state index contributed by atoms with van der Waals surface area (Å²) in [5.74, 6) is -0.825. The molecule has 1 atom stereocenters. The molecule has 0 aliphatic rings. The average Bonchev–Trinajstić information content (AvgIpc) is 3.47. The molecule has 6 nitrogen and oxygen atoms in total. The van der Waals surface area contributed by atoms with Crippen molar-refractivity contribution in [3.8, 4) is 0 Å². The Balaban J connectivity index is 4.24. The molecule has 0 N–H and O–H groups in total. The van der Waals surface area contributed by atoms with Gasteiger partial charge in [0.15, 0.2) is 6.10 Å². The van der Waals surface area contributed by atoms with Crippen molar-refractivity contribution in [1.82, 2.24) is 0 Å². The molecule has 0 heterocycles. The Hall–Kier alpha value is -2.11. The van der Waals surface area contributed by atoms with Crippen LogP contribution in [0.4, 0.5) is 0 Å². The molecule has 0 rings (SSSR count). The van der Waals surface area contributed by atoms with Gasteiger partial charge in [-0.05, 0) is 51.4 Å². The topological polar surface area (TPSA) is 78.9 Å². The number of hydrogen-bond acceptors (Lipinski definition) is 6. The molecule has 0 bridgehead atoms. The van der Waals surface area contributed by atoms with Crippen molar-refractivity contribution in [3.63, 3.8) is 0 Å². The van der Waals surface area contributed by atoms with Crippen LogP contribution in [0, 0.1) is 0 Å². The molecule has 0 aromatic heterocycles. The Labute approximate surface area is 506 Å². The highest BCUT2D eigenvalue weighted by Crippen LogP contribution is 2.19. The van der Waals surface area contributed by atoms with Gasteiger partial charge in [-0.25, -0.2) is 0 Å². The molecule has 0 saturated carbocycles. The summed E-state index contributed by atoms with van der Waals surface area (Å²) in [6.07, 6.45) is 86.4. The number of carbonyl (C=O) groups is 3. The number of rotatable bonds is 69. The van der Waals surface area contributed by atoms with Crippen LogP contribution >= 0.6 is 0 Å². The minimum atomic E-state index is -0.767. The Bertz CT molecular complexity index is 1310. The summed E-state index contributed by atoms with van der Waals surface area (Å²) in [5.41, 5.74) is 0. The number of carbonyl (C=O) groups excluding carboxylic acids is 3. The van der Waals surface area contributed by atoms with Gasteiger partial charge in [-0.2, -0.15) is 0 Å². The second-order valence-corrected chi connectivity index (χ2v) is 25.2. The third-order valence-electron chi connectivity index (χ3n) is 17.0. The molecule has 6 heteroatoms. The third kappa shape index (κ3) is 68.6. The maximum atomic E-state index is 13.0. The van der Waals surface area contributed by atoms with Crippen molar-refractivity contribution in [1.29, 1.82) is 0 Å². The predicted octanol–water partition coefficient (Wildman–Crippen LogP) is 25.3. The lowest BCUT2D eigenvalue weighted by atomic mass is 10.0. The van der Waals surface area contributed by atoms with Crippen molar-refractivity contribution < 1.29 is 28.6 Å². The van der Waals surface area contributed by atoms with E-state index in [2.05, 4.69) is 45.1 Å². The Morgan fingerprint density at radius 3 is 0.679 bits per heavy atom. The lowest BCUT2D eigenvalue weighted by Gasteiger charge is -2.18. The molecule has 0 spiro atoms. The predicted molar refractivity (Wildman–Crippen MR) is 353 cm³/mol. The molecule has 0 saturated heterocycles. The fraction of sp³-hybridized carbons (Fsp3) is 0.907. The van der Waals surface area contributed by atoms with Gasteiger partial charge in [0.2, 0.25) is 0 Å². The van der Waals surface area contributed by atoms with Crippen LogP contribution in [-0.2, 0) is 28.6 Å². The second-order valence-electron chi connectivity index (χ2n) is 25.2. The Morgan fingerprint density at radius 2 is 0.444 bits per heavy atom. The summed E-state index contributed by atoms with van der Waals surface area (Å²) in [5, 5.41) is 0. The van der Waals surface area contributed by atoms with Crippen molar-refractivity contribution >= 4 is 17.9 Å². The van der Waals surface area contributed by atoms with Crippen LogP contribution in [0.15, 0.2) is 24.3 Å². The SMILES string of the molecule is CCCCCCC/C=C\C/C=C\CCCCCCCCCCCCCCCCCC(=O)OCC(COC(=O)CCCCCCCCCCCCCCCCCCC)OC(=O)CCCCCCCCCCCCCCCCCCCCC. The van der Waals surface area contributed by atoms with Crippen molar-refractivity contribution in [2.45, 2.75) is 425 Å². The summed E-state index contributed by atoms with van der Waals surface area (Å²) in [4.78, 5) is 38.5. The third-order valence-corrected chi connectivity index (χ3v) is 17.0. The average molecular weight is 1140 g/mol. The summed E-state index contributed by atoms with van der Waals surface area (Å²) in [6, 6.07) is 0. The number of unbranched alkanes of at least 4 members (excludes halogenated alkanes) is 54. The molecule has 0 radical (unpaired) electrons. The highest BCUT2D eigenvalue weighted by atomic mass is 16.6. The molecule has 0 aliphatic carbocycles.